The van der Waals surface area contributed by atoms with Crippen molar-refractivity contribution in [2.45, 2.75) is 38.3 Å². The zero-order valence-corrected chi connectivity index (χ0v) is 10.5. The minimum atomic E-state index is 0.671. The van der Waals surface area contributed by atoms with Crippen LogP contribution >= 0.6 is 0 Å². The van der Waals surface area contributed by atoms with Crippen molar-refractivity contribution < 1.29 is 0 Å². The average Bonchev–Trinajstić information content (AvgIpc) is 3.03. The minimum Gasteiger partial charge on any atom is -0.382 e. The SMILES string of the molecule is c1cc(Cn2cccn2)cc(NC2CCCC2)c1. The first-order valence-electron chi connectivity index (χ1n) is 6.73. The maximum Gasteiger partial charge on any atom is 0.0660 e. The Balaban J connectivity index is 1.68. The standard InChI is InChI=1S/C15H19N3/c1-2-7-14(6-1)17-15-8-3-5-13(11-15)12-18-10-4-9-16-18/h3-5,8-11,14,17H,1-2,6-7,12H2. The van der Waals surface area contributed by atoms with Crippen LogP contribution in [0.5, 0.6) is 0 Å². The first-order valence-corrected chi connectivity index (χ1v) is 6.73. The van der Waals surface area contributed by atoms with Crippen molar-refractivity contribution in [1.29, 1.82) is 0 Å². The summed E-state index contributed by atoms with van der Waals surface area (Å²) in [5, 5.41) is 7.87. The second kappa shape index (κ2) is 5.25. The molecule has 0 radical (unpaired) electrons. The molecule has 3 nitrogen and oxygen atoms in total. The summed E-state index contributed by atoms with van der Waals surface area (Å²) < 4.78 is 1.95. The molecule has 0 amide bonds. The van der Waals surface area contributed by atoms with E-state index in [4.69, 9.17) is 0 Å². The molecule has 3 rings (SSSR count). The number of anilines is 1. The van der Waals surface area contributed by atoms with E-state index in [2.05, 4.69) is 34.7 Å². The zero-order chi connectivity index (χ0) is 12.2. The summed E-state index contributed by atoms with van der Waals surface area (Å²) >= 11 is 0. The number of nitrogens with one attached hydrogen (secondary N) is 1. The van der Waals surface area contributed by atoms with Crippen molar-refractivity contribution in [3.05, 3.63) is 48.3 Å². The van der Waals surface area contributed by atoms with E-state index in [0.717, 1.165) is 6.54 Å². The quantitative estimate of drug-likeness (QED) is 0.890. The third kappa shape index (κ3) is 2.73. The van der Waals surface area contributed by atoms with Gasteiger partial charge < -0.3 is 5.32 Å². The Labute approximate surface area is 108 Å². The highest BCUT2D eigenvalue weighted by Gasteiger charge is 2.14. The summed E-state index contributed by atoms with van der Waals surface area (Å²) in [6, 6.07) is 11.3. The molecule has 1 saturated carbocycles. The van der Waals surface area contributed by atoms with Gasteiger partial charge in [-0.25, -0.2) is 0 Å². The molecule has 18 heavy (non-hydrogen) atoms. The van der Waals surface area contributed by atoms with E-state index in [1.807, 2.05) is 23.1 Å². The molecule has 1 N–H and O–H groups in total. The van der Waals surface area contributed by atoms with Crippen molar-refractivity contribution in [2.24, 2.45) is 0 Å². The summed E-state index contributed by atoms with van der Waals surface area (Å²) in [5.74, 6) is 0. The largest absolute Gasteiger partial charge is 0.382 e. The lowest BCUT2D eigenvalue weighted by Crippen LogP contribution is -2.14. The van der Waals surface area contributed by atoms with Gasteiger partial charge in [-0.05, 0) is 36.6 Å². The molecule has 0 atom stereocenters. The molecule has 3 heteroatoms. The summed E-state index contributed by atoms with van der Waals surface area (Å²) in [5.41, 5.74) is 2.54. The van der Waals surface area contributed by atoms with Gasteiger partial charge in [-0.2, -0.15) is 5.10 Å². The van der Waals surface area contributed by atoms with Gasteiger partial charge in [0.05, 0.1) is 6.54 Å². The number of hydrogen-bond acceptors (Lipinski definition) is 2. The summed E-state index contributed by atoms with van der Waals surface area (Å²) in [7, 11) is 0. The maximum atomic E-state index is 4.24. The Morgan fingerprint density at radius 2 is 2.11 bits per heavy atom. The van der Waals surface area contributed by atoms with Crippen LogP contribution in [-0.2, 0) is 6.54 Å². The molecule has 0 aliphatic heterocycles. The van der Waals surface area contributed by atoms with Crippen molar-refractivity contribution in [3.63, 3.8) is 0 Å². The molecule has 1 heterocycles. The Morgan fingerprint density at radius 1 is 1.22 bits per heavy atom. The van der Waals surface area contributed by atoms with E-state index in [-0.39, 0.29) is 0 Å². The fourth-order valence-electron chi connectivity index (χ4n) is 2.65. The molecule has 1 aliphatic carbocycles. The van der Waals surface area contributed by atoms with Crippen LogP contribution in [-0.4, -0.2) is 15.8 Å². The lowest BCUT2D eigenvalue weighted by Gasteiger charge is -2.14. The number of hydrogen-bond donors (Lipinski definition) is 1. The predicted molar refractivity (Wildman–Crippen MR) is 73.6 cm³/mol. The van der Waals surface area contributed by atoms with Crippen LogP contribution in [0, 0.1) is 0 Å². The van der Waals surface area contributed by atoms with E-state index >= 15 is 0 Å². The Morgan fingerprint density at radius 3 is 2.89 bits per heavy atom. The molecule has 1 aromatic carbocycles. The van der Waals surface area contributed by atoms with Crippen LogP contribution in [0.4, 0.5) is 5.69 Å². The molecule has 0 bridgehead atoms. The zero-order valence-electron chi connectivity index (χ0n) is 10.5. The Bertz CT molecular complexity index is 484. The monoisotopic (exact) mass is 241 g/mol. The average molecular weight is 241 g/mol. The highest BCUT2D eigenvalue weighted by atomic mass is 15.3. The van der Waals surface area contributed by atoms with E-state index < -0.39 is 0 Å². The lowest BCUT2D eigenvalue weighted by molar-refractivity contribution is 0.686. The van der Waals surface area contributed by atoms with Crippen LogP contribution in [0.25, 0.3) is 0 Å². The molecule has 94 valence electrons. The van der Waals surface area contributed by atoms with Crippen molar-refractivity contribution in [3.8, 4) is 0 Å². The van der Waals surface area contributed by atoms with Crippen molar-refractivity contribution >= 4 is 5.69 Å². The van der Waals surface area contributed by atoms with Crippen molar-refractivity contribution in [1.82, 2.24) is 9.78 Å². The Hall–Kier alpha value is -1.77. The molecule has 0 saturated heterocycles. The van der Waals surface area contributed by atoms with Gasteiger partial charge >= 0.3 is 0 Å². The first kappa shape index (κ1) is 11.3. The summed E-state index contributed by atoms with van der Waals surface area (Å²) in [6.07, 6.45) is 9.17. The third-order valence-corrected chi connectivity index (χ3v) is 3.56. The van der Waals surface area contributed by atoms with E-state index in [9.17, 15) is 0 Å². The second-order valence-electron chi connectivity index (χ2n) is 5.03. The first-order chi connectivity index (χ1) is 8.90. The molecule has 2 aromatic rings. The van der Waals surface area contributed by atoms with E-state index in [1.54, 1.807) is 0 Å². The summed E-state index contributed by atoms with van der Waals surface area (Å²) in [4.78, 5) is 0. The fourth-order valence-corrected chi connectivity index (χ4v) is 2.65. The molecule has 0 unspecified atom stereocenters. The number of aromatic nitrogens is 2. The maximum absolute atomic E-state index is 4.24. The normalized spacial score (nSPS) is 16.0. The topological polar surface area (TPSA) is 29.9 Å². The minimum absolute atomic E-state index is 0.671. The highest BCUT2D eigenvalue weighted by molar-refractivity contribution is 5.46. The Kier molecular flexibility index (Phi) is 3.31. The van der Waals surface area contributed by atoms with Crippen LogP contribution in [0.15, 0.2) is 42.7 Å². The van der Waals surface area contributed by atoms with Gasteiger partial charge in [0.15, 0.2) is 0 Å². The predicted octanol–water partition coefficient (Wildman–Crippen LogP) is 3.29. The van der Waals surface area contributed by atoms with Gasteiger partial charge in [0.1, 0.15) is 0 Å². The lowest BCUT2D eigenvalue weighted by atomic mass is 10.1. The van der Waals surface area contributed by atoms with Gasteiger partial charge in [0, 0.05) is 24.1 Å². The highest BCUT2D eigenvalue weighted by Crippen LogP contribution is 2.22. The second-order valence-corrected chi connectivity index (χ2v) is 5.03. The third-order valence-electron chi connectivity index (χ3n) is 3.56. The van der Waals surface area contributed by atoms with E-state index in [0.29, 0.717) is 6.04 Å². The molecule has 0 spiro atoms. The fraction of sp³-hybridized carbons (Fsp3) is 0.400. The van der Waals surface area contributed by atoms with Gasteiger partial charge in [-0.15, -0.1) is 0 Å². The molecular formula is C15H19N3. The molecule has 1 aromatic heterocycles. The van der Waals surface area contributed by atoms with E-state index in [1.165, 1.54) is 36.9 Å². The number of rotatable bonds is 4. The smallest absolute Gasteiger partial charge is 0.0660 e. The van der Waals surface area contributed by atoms with Crippen LogP contribution in [0.1, 0.15) is 31.2 Å². The number of nitrogens with zero attached hydrogens (tertiary/aromatic N) is 2. The van der Waals surface area contributed by atoms with Crippen LogP contribution in [0.2, 0.25) is 0 Å². The molecule has 1 fully saturated rings. The number of benzene rings is 1. The van der Waals surface area contributed by atoms with Gasteiger partial charge in [-0.3, -0.25) is 4.68 Å². The van der Waals surface area contributed by atoms with Crippen LogP contribution < -0.4 is 5.32 Å². The van der Waals surface area contributed by atoms with Gasteiger partial charge in [0.25, 0.3) is 0 Å². The summed E-state index contributed by atoms with van der Waals surface area (Å²) in [6.45, 7) is 0.840. The molecular weight excluding hydrogens is 222 g/mol. The van der Waals surface area contributed by atoms with Gasteiger partial charge in [0.2, 0.25) is 0 Å². The van der Waals surface area contributed by atoms with Crippen LogP contribution in [0.3, 0.4) is 0 Å². The molecule has 1 aliphatic rings. The van der Waals surface area contributed by atoms with Gasteiger partial charge in [-0.1, -0.05) is 25.0 Å². The van der Waals surface area contributed by atoms with Crippen molar-refractivity contribution in [2.75, 3.05) is 5.32 Å².